The first-order valence-electron chi connectivity index (χ1n) is 7.35. The van der Waals surface area contributed by atoms with Crippen molar-refractivity contribution in [3.8, 4) is 0 Å². The summed E-state index contributed by atoms with van der Waals surface area (Å²) in [6, 6.07) is 6.56. The van der Waals surface area contributed by atoms with Crippen molar-refractivity contribution in [2.75, 3.05) is 18.1 Å². The second-order valence-electron chi connectivity index (χ2n) is 5.67. The third kappa shape index (κ3) is 2.63. The van der Waals surface area contributed by atoms with Crippen molar-refractivity contribution in [3.63, 3.8) is 0 Å². The smallest absolute Gasteiger partial charge is 0.160 e. The van der Waals surface area contributed by atoms with E-state index in [9.17, 15) is 4.79 Å². The molecule has 0 N–H and O–H groups in total. The van der Waals surface area contributed by atoms with Gasteiger partial charge in [-0.25, -0.2) is 0 Å². The summed E-state index contributed by atoms with van der Waals surface area (Å²) in [7, 11) is 0. The average Bonchev–Trinajstić information content (AvgIpc) is 2.46. The van der Waals surface area contributed by atoms with Gasteiger partial charge in [-0.1, -0.05) is 12.8 Å². The molecule has 0 aromatic heterocycles. The van der Waals surface area contributed by atoms with E-state index in [4.69, 9.17) is 4.74 Å². The van der Waals surface area contributed by atoms with Gasteiger partial charge in [0, 0.05) is 22.3 Å². The summed E-state index contributed by atoms with van der Waals surface area (Å²) in [4.78, 5) is 14.0. The molecule has 3 rings (SSSR count). The van der Waals surface area contributed by atoms with Crippen LogP contribution in [-0.2, 0) is 4.74 Å². The number of halogens is 1. The Kier molecular flexibility index (Phi) is 4.13. The van der Waals surface area contributed by atoms with Gasteiger partial charge in [0.2, 0.25) is 0 Å². The highest BCUT2D eigenvalue weighted by molar-refractivity contribution is 9.10. The molecule has 1 heterocycles. The van der Waals surface area contributed by atoms with Crippen molar-refractivity contribution in [1.29, 1.82) is 0 Å². The number of morpholine rings is 1. The molecule has 2 aliphatic rings. The number of Topliss-reactive ketones (excluding diaryl/α,β-unsaturated/α-hetero) is 1. The zero-order valence-corrected chi connectivity index (χ0v) is 13.4. The molecule has 108 valence electrons. The number of fused-ring (bicyclic) bond motifs is 1. The molecular weight excluding hydrogens is 318 g/mol. The molecule has 1 saturated heterocycles. The Morgan fingerprint density at radius 2 is 2.15 bits per heavy atom. The molecule has 1 saturated carbocycles. The summed E-state index contributed by atoms with van der Waals surface area (Å²) in [5.74, 6) is 0.0981. The zero-order chi connectivity index (χ0) is 14.1. The second kappa shape index (κ2) is 5.86. The van der Waals surface area contributed by atoms with Gasteiger partial charge in [-0.2, -0.15) is 0 Å². The van der Waals surface area contributed by atoms with E-state index in [0.717, 1.165) is 23.2 Å². The summed E-state index contributed by atoms with van der Waals surface area (Å²) >= 11 is 3.52. The number of carbonyl (C=O) groups excluding carboxylic acids is 1. The Balaban J connectivity index is 1.87. The average molecular weight is 338 g/mol. The van der Waals surface area contributed by atoms with Crippen LogP contribution >= 0.6 is 15.9 Å². The highest BCUT2D eigenvalue weighted by Crippen LogP contribution is 2.33. The predicted molar refractivity (Wildman–Crippen MR) is 83.5 cm³/mol. The minimum Gasteiger partial charge on any atom is -0.374 e. The Bertz CT molecular complexity index is 515. The summed E-state index contributed by atoms with van der Waals surface area (Å²) in [6.45, 7) is 3.34. The van der Waals surface area contributed by atoms with Gasteiger partial charge in [-0.3, -0.25) is 4.79 Å². The van der Waals surface area contributed by atoms with E-state index < -0.39 is 0 Å². The monoisotopic (exact) mass is 337 g/mol. The number of carbonyl (C=O) groups is 1. The molecule has 4 heteroatoms. The van der Waals surface area contributed by atoms with Gasteiger partial charge in [-0.15, -0.1) is 0 Å². The topological polar surface area (TPSA) is 29.5 Å². The summed E-state index contributed by atoms with van der Waals surface area (Å²) in [5.41, 5.74) is 1.95. The molecule has 2 atom stereocenters. The Morgan fingerprint density at radius 3 is 2.90 bits per heavy atom. The lowest BCUT2D eigenvalue weighted by Crippen LogP contribution is -2.52. The van der Waals surface area contributed by atoms with Crippen molar-refractivity contribution in [1.82, 2.24) is 0 Å². The first kappa shape index (κ1) is 14.1. The molecule has 1 aromatic rings. The molecule has 2 fully saturated rings. The van der Waals surface area contributed by atoms with E-state index in [1.165, 1.54) is 31.4 Å². The molecule has 0 radical (unpaired) electrons. The number of hydrogen-bond acceptors (Lipinski definition) is 3. The zero-order valence-electron chi connectivity index (χ0n) is 11.8. The van der Waals surface area contributed by atoms with Gasteiger partial charge in [0.05, 0.1) is 18.8 Å². The lowest BCUT2D eigenvalue weighted by Gasteiger charge is -2.45. The molecule has 0 spiro atoms. The molecule has 2 unspecified atom stereocenters. The van der Waals surface area contributed by atoms with Crippen LogP contribution in [0.25, 0.3) is 0 Å². The normalized spacial score (nSPS) is 26.2. The lowest BCUT2D eigenvalue weighted by molar-refractivity contribution is -0.00868. The maximum absolute atomic E-state index is 11.5. The molecule has 0 bridgehead atoms. The third-order valence-corrected chi connectivity index (χ3v) is 5.05. The fourth-order valence-electron chi connectivity index (χ4n) is 3.39. The van der Waals surface area contributed by atoms with Gasteiger partial charge in [0.25, 0.3) is 0 Å². The van der Waals surface area contributed by atoms with Gasteiger partial charge >= 0.3 is 0 Å². The number of ether oxygens (including phenoxy) is 1. The number of hydrogen-bond donors (Lipinski definition) is 0. The van der Waals surface area contributed by atoms with Crippen LogP contribution in [0.5, 0.6) is 0 Å². The fourth-order valence-corrected chi connectivity index (χ4v) is 4.03. The Morgan fingerprint density at radius 1 is 1.35 bits per heavy atom. The van der Waals surface area contributed by atoms with E-state index >= 15 is 0 Å². The summed E-state index contributed by atoms with van der Waals surface area (Å²) in [6.07, 6.45) is 5.32. The standard InChI is InChI=1S/C16H20BrNO2/c1-11(19)13-7-6-12(10-14(13)17)18-8-9-20-16-5-3-2-4-15(16)18/h6-7,10,15-16H,2-5,8-9H2,1H3. The number of rotatable bonds is 2. The van der Waals surface area contributed by atoms with E-state index in [1.54, 1.807) is 6.92 Å². The summed E-state index contributed by atoms with van der Waals surface area (Å²) in [5, 5.41) is 0. The molecule has 20 heavy (non-hydrogen) atoms. The maximum Gasteiger partial charge on any atom is 0.160 e. The second-order valence-corrected chi connectivity index (χ2v) is 6.53. The quantitative estimate of drug-likeness (QED) is 0.768. The van der Waals surface area contributed by atoms with E-state index in [0.29, 0.717) is 12.1 Å². The molecule has 1 aliphatic carbocycles. The van der Waals surface area contributed by atoms with Crippen molar-refractivity contribution in [2.45, 2.75) is 44.8 Å². The maximum atomic E-state index is 11.5. The van der Waals surface area contributed by atoms with Crippen molar-refractivity contribution in [2.24, 2.45) is 0 Å². The highest BCUT2D eigenvalue weighted by Gasteiger charge is 2.34. The number of benzene rings is 1. The van der Waals surface area contributed by atoms with Crippen molar-refractivity contribution in [3.05, 3.63) is 28.2 Å². The number of ketones is 1. The van der Waals surface area contributed by atoms with Gasteiger partial charge in [0.1, 0.15) is 0 Å². The molecular formula is C16H20BrNO2. The van der Waals surface area contributed by atoms with Crippen molar-refractivity contribution >= 4 is 27.4 Å². The van der Waals surface area contributed by atoms with Gasteiger partial charge in [0.15, 0.2) is 5.78 Å². The van der Waals surface area contributed by atoms with Crippen molar-refractivity contribution < 1.29 is 9.53 Å². The van der Waals surface area contributed by atoms with Crippen LogP contribution in [0.3, 0.4) is 0 Å². The van der Waals surface area contributed by atoms with Crippen LogP contribution in [0.2, 0.25) is 0 Å². The fraction of sp³-hybridized carbons (Fsp3) is 0.562. The van der Waals surface area contributed by atoms with E-state index in [1.807, 2.05) is 6.07 Å². The Labute approximate surface area is 128 Å². The minimum absolute atomic E-state index is 0.0981. The highest BCUT2D eigenvalue weighted by atomic mass is 79.9. The van der Waals surface area contributed by atoms with Gasteiger partial charge < -0.3 is 9.64 Å². The van der Waals surface area contributed by atoms with Gasteiger partial charge in [-0.05, 0) is 53.9 Å². The number of anilines is 1. The number of nitrogens with zero attached hydrogens (tertiary/aromatic N) is 1. The largest absolute Gasteiger partial charge is 0.374 e. The predicted octanol–water partition coefficient (Wildman–Crippen LogP) is 3.80. The SMILES string of the molecule is CC(=O)c1ccc(N2CCOC3CCCCC32)cc1Br. The van der Waals surface area contributed by atoms with E-state index in [2.05, 4.69) is 33.0 Å². The summed E-state index contributed by atoms with van der Waals surface area (Å²) < 4.78 is 6.81. The molecule has 3 nitrogen and oxygen atoms in total. The molecule has 1 aromatic carbocycles. The minimum atomic E-state index is 0.0981. The lowest BCUT2D eigenvalue weighted by atomic mass is 9.89. The van der Waals surface area contributed by atoms with Crippen LogP contribution < -0.4 is 4.90 Å². The molecule has 1 aliphatic heterocycles. The Hall–Kier alpha value is -0.870. The first-order valence-corrected chi connectivity index (χ1v) is 8.15. The first-order chi connectivity index (χ1) is 9.66. The van der Waals surface area contributed by atoms with Crippen LogP contribution in [-0.4, -0.2) is 31.1 Å². The van der Waals surface area contributed by atoms with E-state index in [-0.39, 0.29) is 5.78 Å². The van der Waals surface area contributed by atoms with Crippen LogP contribution in [0, 0.1) is 0 Å². The third-order valence-electron chi connectivity index (χ3n) is 4.40. The van der Waals surface area contributed by atoms with Crippen LogP contribution in [0.1, 0.15) is 43.0 Å². The van der Waals surface area contributed by atoms with Crippen LogP contribution in [0.4, 0.5) is 5.69 Å². The van der Waals surface area contributed by atoms with Crippen LogP contribution in [0.15, 0.2) is 22.7 Å². The molecule has 0 amide bonds.